The Morgan fingerprint density at radius 1 is 1.16 bits per heavy atom. The van der Waals surface area contributed by atoms with Crippen molar-refractivity contribution in [3.63, 3.8) is 0 Å². The molecule has 0 radical (unpaired) electrons. The van der Waals surface area contributed by atoms with Gasteiger partial charge < -0.3 is 10.1 Å². The lowest BCUT2D eigenvalue weighted by Gasteiger charge is -2.39. The monoisotopic (exact) mass is 485 g/mol. The zero-order valence-corrected chi connectivity index (χ0v) is 20.3. The van der Waals surface area contributed by atoms with Crippen LogP contribution in [-0.4, -0.2) is 35.8 Å². The maximum atomic E-state index is 11.0. The third-order valence-electron chi connectivity index (χ3n) is 6.40. The molecule has 4 nitrogen and oxygen atoms in total. The molecule has 31 heavy (non-hydrogen) atoms. The summed E-state index contributed by atoms with van der Waals surface area (Å²) in [5, 5.41) is 3.56. The first-order valence-corrected chi connectivity index (χ1v) is 10.7. The molecule has 1 N–H and O–H groups in total. The largest absolute Gasteiger partial charge is 0.313 e. The minimum atomic E-state index is 0. The average molecular weight is 487 g/mol. The molecule has 1 aromatic carbocycles. The molecule has 1 fully saturated rings. The Morgan fingerprint density at radius 2 is 2.03 bits per heavy atom. The van der Waals surface area contributed by atoms with Crippen molar-refractivity contribution in [3.05, 3.63) is 65.0 Å². The van der Waals surface area contributed by atoms with Crippen LogP contribution in [0.5, 0.6) is 0 Å². The molecule has 0 saturated carbocycles. The van der Waals surface area contributed by atoms with E-state index in [2.05, 4.69) is 39.5 Å². The summed E-state index contributed by atoms with van der Waals surface area (Å²) >= 11 is 0. The SMILES string of the molecule is Cl.Cl.Cl.O=CCCC1CCN(Cc2cccnc2)CC1c1ccc2c(c1)CNCCC2. The number of aromatic nitrogens is 1. The summed E-state index contributed by atoms with van der Waals surface area (Å²) < 4.78 is 0. The van der Waals surface area contributed by atoms with Crippen molar-refractivity contribution < 1.29 is 4.79 Å². The van der Waals surface area contributed by atoms with E-state index in [0.717, 1.165) is 51.9 Å². The molecular formula is C24H34Cl3N3O. The number of halogens is 3. The lowest BCUT2D eigenvalue weighted by Crippen LogP contribution is -2.39. The van der Waals surface area contributed by atoms with Crippen LogP contribution in [0, 0.1) is 5.92 Å². The van der Waals surface area contributed by atoms with E-state index in [0.29, 0.717) is 18.3 Å². The number of carbonyl (C=O) groups is 1. The zero-order chi connectivity index (χ0) is 19.2. The van der Waals surface area contributed by atoms with Crippen molar-refractivity contribution in [1.82, 2.24) is 15.2 Å². The third-order valence-corrected chi connectivity index (χ3v) is 6.40. The highest BCUT2D eigenvalue weighted by Crippen LogP contribution is 2.36. The molecule has 172 valence electrons. The molecule has 0 aliphatic carbocycles. The lowest BCUT2D eigenvalue weighted by atomic mass is 9.77. The van der Waals surface area contributed by atoms with Crippen molar-refractivity contribution in [2.45, 2.75) is 51.1 Å². The summed E-state index contributed by atoms with van der Waals surface area (Å²) in [5.74, 6) is 1.09. The predicted molar refractivity (Wildman–Crippen MR) is 134 cm³/mol. The van der Waals surface area contributed by atoms with Crippen LogP contribution in [0.4, 0.5) is 0 Å². The van der Waals surface area contributed by atoms with Crippen LogP contribution in [-0.2, 0) is 24.3 Å². The number of nitrogens with zero attached hydrogens (tertiary/aromatic N) is 2. The van der Waals surface area contributed by atoms with Crippen LogP contribution < -0.4 is 5.32 Å². The highest BCUT2D eigenvalue weighted by molar-refractivity contribution is 5.86. The molecule has 2 aliphatic heterocycles. The molecule has 2 aliphatic rings. The summed E-state index contributed by atoms with van der Waals surface area (Å²) in [6, 6.07) is 11.3. The van der Waals surface area contributed by atoms with Gasteiger partial charge in [0.05, 0.1) is 0 Å². The van der Waals surface area contributed by atoms with Crippen LogP contribution in [0.15, 0.2) is 42.7 Å². The molecule has 0 spiro atoms. The number of carbonyl (C=O) groups excluding carboxylic acids is 1. The second-order valence-electron chi connectivity index (χ2n) is 8.30. The van der Waals surface area contributed by atoms with Gasteiger partial charge in [0.15, 0.2) is 0 Å². The van der Waals surface area contributed by atoms with E-state index in [4.69, 9.17) is 0 Å². The van der Waals surface area contributed by atoms with Gasteiger partial charge in [-0.2, -0.15) is 0 Å². The van der Waals surface area contributed by atoms with Gasteiger partial charge >= 0.3 is 0 Å². The second-order valence-corrected chi connectivity index (χ2v) is 8.30. The summed E-state index contributed by atoms with van der Waals surface area (Å²) in [4.78, 5) is 17.8. The number of hydrogen-bond acceptors (Lipinski definition) is 4. The van der Waals surface area contributed by atoms with E-state index in [1.807, 2.05) is 18.5 Å². The smallest absolute Gasteiger partial charge is 0.120 e. The van der Waals surface area contributed by atoms with Gasteiger partial charge in [0.2, 0.25) is 0 Å². The van der Waals surface area contributed by atoms with Crippen LogP contribution >= 0.6 is 37.2 Å². The first-order valence-electron chi connectivity index (χ1n) is 10.7. The predicted octanol–water partition coefficient (Wildman–Crippen LogP) is 4.97. The van der Waals surface area contributed by atoms with E-state index >= 15 is 0 Å². The maximum absolute atomic E-state index is 11.0. The van der Waals surface area contributed by atoms with E-state index < -0.39 is 0 Å². The van der Waals surface area contributed by atoms with Crippen LogP contribution in [0.2, 0.25) is 0 Å². The molecule has 4 rings (SSSR count). The van der Waals surface area contributed by atoms with Gasteiger partial charge in [-0.25, -0.2) is 0 Å². The van der Waals surface area contributed by atoms with E-state index in [-0.39, 0.29) is 37.2 Å². The van der Waals surface area contributed by atoms with Crippen molar-refractivity contribution in [2.24, 2.45) is 5.92 Å². The zero-order valence-electron chi connectivity index (χ0n) is 17.9. The molecule has 1 saturated heterocycles. The lowest BCUT2D eigenvalue weighted by molar-refractivity contribution is -0.108. The molecule has 3 heterocycles. The topological polar surface area (TPSA) is 45.2 Å². The molecule has 2 atom stereocenters. The standard InChI is InChI=1S/C24H31N3O.3ClH/c28-13-3-6-21-9-12-27(17-19-4-1-10-25-15-19)18-24(21)22-8-7-20-5-2-11-26-16-23(20)14-22;;;/h1,4,7-8,10,13-15,21,24,26H,2-3,5-6,9,11-12,16-18H2;3*1H. The minimum Gasteiger partial charge on any atom is -0.313 e. The number of benzene rings is 1. The Balaban J connectivity index is 0.00000160. The Hall–Kier alpha value is -1.17. The number of nitrogens with one attached hydrogen (secondary N) is 1. The summed E-state index contributed by atoms with van der Waals surface area (Å²) in [6.07, 6.45) is 10.1. The fourth-order valence-corrected chi connectivity index (χ4v) is 4.88. The molecule has 2 unspecified atom stereocenters. The number of rotatable bonds is 6. The normalized spacial score (nSPS) is 20.8. The van der Waals surface area contributed by atoms with Crippen LogP contribution in [0.25, 0.3) is 0 Å². The number of aldehydes is 1. The van der Waals surface area contributed by atoms with E-state index in [1.165, 1.54) is 35.1 Å². The van der Waals surface area contributed by atoms with Gasteiger partial charge in [-0.3, -0.25) is 9.88 Å². The van der Waals surface area contributed by atoms with Crippen LogP contribution in [0.1, 0.15) is 53.9 Å². The van der Waals surface area contributed by atoms with E-state index in [1.54, 1.807) is 0 Å². The van der Waals surface area contributed by atoms with E-state index in [9.17, 15) is 4.79 Å². The first kappa shape index (κ1) is 27.9. The summed E-state index contributed by atoms with van der Waals surface area (Å²) in [7, 11) is 0. The van der Waals surface area contributed by atoms with Gasteiger partial charge in [0.25, 0.3) is 0 Å². The highest BCUT2D eigenvalue weighted by Gasteiger charge is 2.30. The molecule has 7 heteroatoms. The van der Waals surface area contributed by atoms with Gasteiger partial charge in [0, 0.05) is 38.4 Å². The van der Waals surface area contributed by atoms with Crippen molar-refractivity contribution >= 4 is 43.5 Å². The number of pyridine rings is 1. The average Bonchev–Trinajstić information content (AvgIpc) is 2.98. The Kier molecular flexibility index (Phi) is 12.7. The first-order chi connectivity index (χ1) is 13.8. The Labute approximate surface area is 204 Å². The van der Waals surface area contributed by atoms with Crippen molar-refractivity contribution in [2.75, 3.05) is 19.6 Å². The minimum absolute atomic E-state index is 0. The number of likely N-dealkylation sites (tertiary alicyclic amines) is 1. The Bertz CT molecular complexity index is 791. The van der Waals surface area contributed by atoms with Crippen LogP contribution in [0.3, 0.4) is 0 Å². The maximum Gasteiger partial charge on any atom is 0.120 e. The second kappa shape index (κ2) is 14.1. The number of aryl methyl sites for hydroxylation is 1. The van der Waals surface area contributed by atoms with Crippen molar-refractivity contribution in [1.29, 1.82) is 0 Å². The number of piperidine rings is 1. The van der Waals surface area contributed by atoms with Gasteiger partial charge in [-0.15, -0.1) is 37.2 Å². The molecule has 1 aromatic heterocycles. The number of hydrogen-bond donors (Lipinski definition) is 1. The highest BCUT2D eigenvalue weighted by atomic mass is 35.5. The number of fused-ring (bicyclic) bond motifs is 1. The fourth-order valence-electron chi connectivity index (χ4n) is 4.88. The molecule has 0 amide bonds. The third kappa shape index (κ3) is 7.44. The summed E-state index contributed by atoms with van der Waals surface area (Å²) in [6.45, 7) is 5.20. The van der Waals surface area contributed by atoms with Crippen molar-refractivity contribution in [3.8, 4) is 0 Å². The fraction of sp³-hybridized carbons (Fsp3) is 0.500. The molecule has 2 aromatic rings. The quantitative estimate of drug-likeness (QED) is 0.586. The Morgan fingerprint density at radius 3 is 2.81 bits per heavy atom. The summed E-state index contributed by atoms with van der Waals surface area (Å²) in [5.41, 5.74) is 5.70. The van der Waals surface area contributed by atoms with Gasteiger partial charge in [-0.1, -0.05) is 24.3 Å². The molecule has 0 bridgehead atoms. The van der Waals surface area contributed by atoms with Gasteiger partial charge in [-0.05, 0) is 78.9 Å². The van der Waals surface area contributed by atoms with Gasteiger partial charge in [0.1, 0.15) is 6.29 Å². The molecular weight excluding hydrogens is 453 g/mol.